The summed E-state index contributed by atoms with van der Waals surface area (Å²) in [6.07, 6.45) is 6.12. The minimum absolute atomic E-state index is 0.205. The highest BCUT2D eigenvalue weighted by molar-refractivity contribution is 6.09. The summed E-state index contributed by atoms with van der Waals surface area (Å²) in [7, 11) is 0. The molecule has 0 aliphatic carbocycles. The fourth-order valence-corrected chi connectivity index (χ4v) is 4.00. The van der Waals surface area contributed by atoms with Gasteiger partial charge < -0.3 is 14.7 Å². The van der Waals surface area contributed by atoms with Crippen LogP contribution in [0, 0.1) is 0 Å². The Morgan fingerprint density at radius 3 is 2.64 bits per heavy atom. The maximum Gasteiger partial charge on any atom is 0.248 e. The maximum absolute atomic E-state index is 11.6. The molecule has 1 aromatic carbocycles. The number of pyridine rings is 2. The Hall–Kier alpha value is -3.69. The second-order valence-corrected chi connectivity index (χ2v) is 8.05. The molecule has 0 radical (unpaired) electrons. The van der Waals surface area contributed by atoms with Crippen molar-refractivity contribution >= 4 is 28.7 Å². The van der Waals surface area contributed by atoms with E-state index in [1.54, 1.807) is 17.3 Å². The number of aliphatic hydroxyl groups is 1. The number of fused-ring (bicyclic) bond motifs is 1. The van der Waals surface area contributed by atoms with E-state index in [0.717, 1.165) is 53.8 Å². The Labute approximate surface area is 191 Å². The minimum Gasteiger partial charge on any atom is -0.439 e. The van der Waals surface area contributed by atoms with Crippen LogP contribution in [0.4, 0.5) is 0 Å². The van der Waals surface area contributed by atoms with Crippen LogP contribution in [-0.4, -0.2) is 75.5 Å². The molecule has 2 aliphatic rings. The summed E-state index contributed by atoms with van der Waals surface area (Å²) in [6, 6.07) is 11.7. The molecule has 33 heavy (non-hydrogen) atoms. The van der Waals surface area contributed by atoms with Gasteiger partial charge in [-0.2, -0.15) is 10.2 Å². The molecule has 3 aromatic rings. The zero-order valence-electron chi connectivity index (χ0n) is 18.1. The summed E-state index contributed by atoms with van der Waals surface area (Å²) in [4.78, 5) is 24.6. The summed E-state index contributed by atoms with van der Waals surface area (Å²) < 4.78 is 5.91. The Bertz CT molecular complexity index is 1220. The van der Waals surface area contributed by atoms with Crippen molar-refractivity contribution in [3.8, 4) is 11.6 Å². The predicted molar refractivity (Wildman–Crippen MR) is 125 cm³/mol. The van der Waals surface area contributed by atoms with Crippen LogP contribution in [0.5, 0.6) is 11.6 Å². The third-order valence-corrected chi connectivity index (χ3v) is 5.82. The number of ether oxygens (including phenoxy) is 1. The van der Waals surface area contributed by atoms with Crippen LogP contribution in [0.15, 0.2) is 59.0 Å². The van der Waals surface area contributed by atoms with E-state index in [9.17, 15) is 4.79 Å². The molecule has 9 nitrogen and oxygen atoms in total. The molecule has 1 N–H and O–H groups in total. The fourth-order valence-electron chi connectivity index (χ4n) is 4.00. The van der Waals surface area contributed by atoms with Crippen molar-refractivity contribution in [1.29, 1.82) is 0 Å². The normalized spacial score (nSPS) is 16.3. The van der Waals surface area contributed by atoms with E-state index >= 15 is 0 Å². The third kappa shape index (κ3) is 4.89. The van der Waals surface area contributed by atoms with E-state index in [2.05, 4.69) is 31.1 Å². The molecule has 5 rings (SSSR count). The van der Waals surface area contributed by atoms with Gasteiger partial charge in [-0.05, 0) is 29.8 Å². The highest BCUT2D eigenvalue weighted by Crippen LogP contribution is 2.25. The van der Waals surface area contributed by atoms with Crippen molar-refractivity contribution in [2.45, 2.75) is 13.0 Å². The Balaban J connectivity index is 1.22. The Kier molecular flexibility index (Phi) is 6.05. The second-order valence-electron chi connectivity index (χ2n) is 8.05. The Morgan fingerprint density at radius 1 is 1.03 bits per heavy atom. The highest BCUT2D eigenvalue weighted by atomic mass is 16.5. The number of carbonyl (C=O) groups excluding carboxylic acids is 1. The summed E-state index contributed by atoms with van der Waals surface area (Å²) in [5.41, 5.74) is 3.81. The number of amides is 1. The van der Waals surface area contributed by atoms with Crippen LogP contribution >= 0.6 is 0 Å². The quantitative estimate of drug-likeness (QED) is 0.625. The summed E-state index contributed by atoms with van der Waals surface area (Å²) >= 11 is 0. The van der Waals surface area contributed by atoms with Gasteiger partial charge in [-0.25, -0.2) is 4.98 Å². The Morgan fingerprint density at radius 2 is 1.91 bits per heavy atom. The molecule has 4 heterocycles. The molecule has 1 saturated heterocycles. The summed E-state index contributed by atoms with van der Waals surface area (Å²) in [6.45, 7) is 3.18. The van der Waals surface area contributed by atoms with E-state index in [0.29, 0.717) is 24.7 Å². The van der Waals surface area contributed by atoms with Crippen molar-refractivity contribution in [1.82, 2.24) is 19.8 Å². The van der Waals surface area contributed by atoms with E-state index in [-0.39, 0.29) is 5.91 Å². The zero-order chi connectivity index (χ0) is 22.6. The van der Waals surface area contributed by atoms with Crippen molar-refractivity contribution in [3.05, 3.63) is 59.9 Å². The highest BCUT2D eigenvalue weighted by Gasteiger charge is 2.20. The van der Waals surface area contributed by atoms with Gasteiger partial charge in [0.05, 0.1) is 11.2 Å². The van der Waals surface area contributed by atoms with Gasteiger partial charge in [-0.1, -0.05) is 0 Å². The SMILES string of the molecule is O=C(CO)N1CCN(Cc2cnc3cc(Oc4ccc(C5=NN=CC5)cn4)ccc3c2)CC1. The first-order chi connectivity index (χ1) is 16.2. The number of carbonyl (C=O) groups is 1. The predicted octanol–water partition coefficient (Wildman–Crippen LogP) is 2.24. The number of aliphatic hydroxyl groups excluding tert-OH is 1. The lowest BCUT2D eigenvalue weighted by atomic mass is 10.1. The van der Waals surface area contributed by atoms with Crippen LogP contribution in [0.1, 0.15) is 17.5 Å². The third-order valence-electron chi connectivity index (χ3n) is 5.82. The lowest BCUT2D eigenvalue weighted by molar-refractivity contribution is -0.135. The monoisotopic (exact) mass is 444 g/mol. The van der Waals surface area contributed by atoms with Crippen LogP contribution in [0.3, 0.4) is 0 Å². The topological polar surface area (TPSA) is 104 Å². The summed E-state index contributed by atoms with van der Waals surface area (Å²) in [5.74, 6) is 0.978. The van der Waals surface area contributed by atoms with Gasteiger partial charge in [-0.3, -0.25) is 14.7 Å². The number of piperazine rings is 1. The number of benzene rings is 1. The number of aromatic nitrogens is 2. The molecule has 168 valence electrons. The van der Waals surface area contributed by atoms with E-state index < -0.39 is 6.61 Å². The van der Waals surface area contributed by atoms with E-state index in [1.165, 1.54) is 0 Å². The molecule has 0 saturated carbocycles. The maximum atomic E-state index is 11.6. The first-order valence-corrected chi connectivity index (χ1v) is 10.9. The molecule has 0 bridgehead atoms. The van der Waals surface area contributed by atoms with Gasteiger partial charge in [0.2, 0.25) is 11.8 Å². The van der Waals surface area contributed by atoms with Gasteiger partial charge >= 0.3 is 0 Å². The molecule has 1 amide bonds. The van der Waals surface area contributed by atoms with Crippen LogP contribution < -0.4 is 4.74 Å². The lowest BCUT2D eigenvalue weighted by Crippen LogP contribution is -2.49. The smallest absolute Gasteiger partial charge is 0.248 e. The largest absolute Gasteiger partial charge is 0.439 e. The van der Waals surface area contributed by atoms with Gasteiger partial charge in [0.1, 0.15) is 12.4 Å². The molecule has 0 unspecified atom stereocenters. The van der Waals surface area contributed by atoms with Crippen LogP contribution in [0.25, 0.3) is 10.9 Å². The minimum atomic E-state index is -0.424. The van der Waals surface area contributed by atoms with Gasteiger partial charge in [0, 0.05) is 80.8 Å². The van der Waals surface area contributed by atoms with Crippen LogP contribution in [-0.2, 0) is 11.3 Å². The molecule has 2 aromatic heterocycles. The lowest BCUT2D eigenvalue weighted by Gasteiger charge is -2.34. The van der Waals surface area contributed by atoms with Gasteiger partial charge in [0.15, 0.2) is 0 Å². The first-order valence-electron chi connectivity index (χ1n) is 10.9. The van der Waals surface area contributed by atoms with Crippen molar-refractivity contribution < 1.29 is 14.6 Å². The zero-order valence-corrected chi connectivity index (χ0v) is 18.1. The number of hydrogen-bond donors (Lipinski definition) is 1. The van der Waals surface area contributed by atoms with E-state index in [1.807, 2.05) is 36.5 Å². The molecular weight excluding hydrogens is 420 g/mol. The summed E-state index contributed by atoms with van der Waals surface area (Å²) in [5, 5.41) is 18.0. The van der Waals surface area contributed by atoms with E-state index in [4.69, 9.17) is 9.84 Å². The molecule has 0 spiro atoms. The molecule has 2 aliphatic heterocycles. The number of nitrogens with zero attached hydrogens (tertiary/aromatic N) is 6. The van der Waals surface area contributed by atoms with Crippen LogP contribution in [0.2, 0.25) is 0 Å². The molecule has 9 heteroatoms. The number of rotatable bonds is 6. The second kappa shape index (κ2) is 9.43. The average molecular weight is 444 g/mol. The van der Waals surface area contributed by atoms with Gasteiger partial charge in [0.25, 0.3) is 0 Å². The van der Waals surface area contributed by atoms with Crippen molar-refractivity contribution in [2.75, 3.05) is 32.8 Å². The first kappa shape index (κ1) is 21.2. The average Bonchev–Trinajstić information content (AvgIpc) is 3.40. The standard InChI is InChI=1S/C24H24N6O3/c31-16-24(32)30-9-7-29(8-10-30)15-17-11-18-1-3-20(12-22(18)25-13-17)33-23-4-2-19(14-26-23)21-5-6-27-28-21/h1-4,6,11-14,31H,5,7-10,15-16H2. The molecule has 0 atom stereocenters. The molecular formula is C24H24N6O3. The fraction of sp³-hybridized carbons (Fsp3) is 0.292. The number of hydrogen-bond acceptors (Lipinski definition) is 8. The van der Waals surface area contributed by atoms with Crippen molar-refractivity contribution in [3.63, 3.8) is 0 Å². The molecule has 1 fully saturated rings. The van der Waals surface area contributed by atoms with Gasteiger partial charge in [-0.15, -0.1) is 0 Å². The van der Waals surface area contributed by atoms with Crippen molar-refractivity contribution in [2.24, 2.45) is 10.2 Å².